The van der Waals surface area contributed by atoms with Crippen LogP contribution < -0.4 is 11.3 Å². The smallest absolute Gasteiger partial charge is 0.0302 e. The summed E-state index contributed by atoms with van der Waals surface area (Å²) in [5.74, 6) is 5.60. The molecule has 0 saturated carbocycles. The van der Waals surface area contributed by atoms with Gasteiger partial charge in [0.1, 0.15) is 0 Å². The molecule has 1 aromatic heterocycles. The first-order chi connectivity index (χ1) is 6.60. The minimum absolute atomic E-state index is 0.247. The Morgan fingerprint density at radius 3 is 2.71 bits per heavy atom. The van der Waals surface area contributed by atoms with Gasteiger partial charge in [0.15, 0.2) is 0 Å². The molecule has 0 aromatic carbocycles. The molecule has 1 unspecified atom stereocenters. The zero-order valence-electron chi connectivity index (χ0n) is 9.21. The number of nitrogens with two attached hydrogens (primary N) is 1. The Balaban J connectivity index is 2.64. The summed E-state index contributed by atoms with van der Waals surface area (Å²) in [5, 5.41) is 4.30. The molecule has 1 rings (SSSR count). The predicted molar refractivity (Wildman–Crippen MR) is 63.2 cm³/mol. The molecular formula is C11H20N2S. The number of nitrogens with one attached hydrogen (secondary N) is 1. The van der Waals surface area contributed by atoms with E-state index in [9.17, 15) is 0 Å². The molecule has 1 aromatic rings. The van der Waals surface area contributed by atoms with E-state index >= 15 is 0 Å². The van der Waals surface area contributed by atoms with Crippen molar-refractivity contribution in [2.24, 2.45) is 11.3 Å². The average Bonchev–Trinajstić information content (AvgIpc) is 2.66. The maximum atomic E-state index is 5.60. The van der Waals surface area contributed by atoms with Gasteiger partial charge in [-0.1, -0.05) is 20.8 Å². The van der Waals surface area contributed by atoms with Crippen LogP contribution in [0.25, 0.3) is 0 Å². The van der Waals surface area contributed by atoms with Gasteiger partial charge >= 0.3 is 0 Å². The summed E-state index contributed by atoms with van der Waals surface area (Å²) in [5.41, 5.74) is 4.56. The van der Waals surface area contributed by atoms with Crippen LogP contribution in [-0.2, 0) is 6.42 Å². The van der Waals surface area contributed by atoms with Crippen LogP contribution in [0.5, 0.6) is 0 Å². The summed E-state index contributed by atoms with van der Waals surface area (Å²) < 4.78 is 0. The van der Waals surface area contributed by atoms with Crippen molar-refractivity contribution in [1.82, 2.24) is 5.43 Å². The molecule has 1 atom stereocenters. The first-order valence-electron chi connectivity index (χ1n) is 5.07. The second kappa shape index (κ2) is 4.91. The van der Waals surface area contributed by atoms with E-state index in [0.717, 1.165) is 12.8 Å². The van der Waals surface area contributed by atoms with Gasteiger partial charge in [-0.15, -0.1) is 0 Å². The molecule has 0 radical (unpaired) electrons. The standard InChI is InChI=1S/C11H20N2S/c1-4-11(2,3)10(13-12)7-9-5-6-14-8-9/h5-6,8,10,13H,4,7,12H2,1-3H3. The zero-order chi connectivity index (χ0) is 10.6. The van der Waals surface area contributed by atoms with Gasteiger partial charge < -0.3 is 0 Å². The molecule has 0 aliphatic carbocycles. The van der Waals surface area contributed by atoms with E-state index in [-0.39, 0.29) is 5.41 Å². The van der Waals surface area contributed by atoms with Gasteiger partial charge in [-0.25, -0.2) is 0 Å². The van der Waals surface area contributed by atoms with Crippen molar-refractivity contribution in [1.29, 1.82) is 0 Å². The second-order valence-electron chi connectivity index (χ2n) is 4.40. The molecular weight excluding hydrogens is 192 g/mol. The minimum Gasteiger partial charge on any atom is -0.271 e. The third-order valence-corrected chi connectivity index (χ3v) is 3.81. The first kappa shape index (κ1) is 11.7. The largest absolute Gasteiger partial charge is 0.271 e. The van der Waals surface area contributed by atoms with Crippen LogP contribution in [0.4, 0.5) is 0 Å². The van der Waals surface area contributed by atoms with Crippen LogP contribution in [0, 0.1) is 5.41 Å². The number of hydrazine groups is 1. The van der Waals surface area contributed by atoms with Crippen molar-refractivity contribution in [2.45, 2.75) is 39.7 Å². The third kappa shape index (κ3) is 2.80. The normalized spacial score (nSPS) is 14.3. The van der Waals surface area contributed by atoms with Crippen molar-refractivity contribution < 1.29 is 0 Å². The van der Waals surface area contributed by atoms with Gasteiger partial charge in [-0.3, -0.25) is 11.3 Å². The number of thiophene rings is 1. The molecule has 0 saturated heterocycles. The van der Waals surface area contributed by atoms with Gasteiger partial charge in [0.05, 0.1) is 0 Å². The van der Waals surface area contributed by atoms with Crippen LogP contribution in [-0.4, -0.2) is 6.04 Å². The third-order valence-electron chi connectivity index (χ3n) is 3.08. The highest BCUT2D eigenvalue weighted by Crippen LogP contribution is 2.27. The Morgan fingerprint density at radius 2 is 2.29 bits per heavy atom. The molecule has 3 N–H and O–H groups in total. The molecule has 3 heteroatoms. The lowest BCUT2D eigenvalue weighted by Gasteiger charge is -2.32. The second-order valence-corrected chi connectivity index (χ2v) is 5.18. The lowest BCUT2D eigenvalue weighted by molar-refractivity contribution is 0.231. The van der Waals surface area contributed by atoms with E-state index in [0.29, 0.717) is 6.04 Å². The Kier molecular flexibility index (Phi) is 4.11. The Bertz CT molecular complexity index is 254. The van der Waals surface area contributed by atoms with Crippen LogP contribution >= 0.6 is 11.3 Å². The van der Waals surface area contributed by atoms with Crippen LogP contribution in [0.3, 0.4) is 0 Å². The van der Waals surface area contributed by atoms with Crippen molar-refractivity contribution in [2.75, 3.05) is 0 Å². The van der Waals surface area contributed by atoms with Crippen LogP contribution in [0.1, 0.15) is 32.8 Å². The highest BCUT2D eigenvalue weighted by molar-refractivity contribution is 7.07. The topological polar surface area (TPSA) is 38.0 Å². The van der Waals surface area contributed by atoms with E-state index in [4.69, 9.17) is 5.84 Å². The molecule has 0 bridgehead atoms. The fourth-order valence-electron chi connectivity index (χ4n) is 1.45. The highest BCUT2D eigenvalue weighted by Gasteiger charge is 2.26. The number of hydrogen-bond donors (Lipinski definition) is 2. The van der Waals surface area contributed by atoms with Gasteiger partial charge in [-0.2, -0.15) is 11.3 Å². The average molecular weight is 212 g/mol. The summed E-state index contributed by atoms with van der Waals surface area (Å²) in [6.45, 7) is 6.71. The maximum absolute atomic E-state index is 5.60. The van der Waals surface area contributed by atoms with Crippen molar-refractivity contribution in [3.63, 3.8) is 0 Å². The lowest BCUT2D eigenvalue weighted by Crippen LogP contribution is -2.46. The van der Waals surface area contributed by atoms with E-state index in [2.05, 4.69) is 43.0 Å². The summed E-state index contributed by atoms with van der Waals surface area (Å²) in [6.07, 6.45) is 2.15. The fourth-order valence-corrected chi connectivity index (χ4v) is 2.13. The molecule has 80 valence electrons. The molecule has 14 heavy (non-hydrogen) atoms. The van der Waals surface area contributed by atoms with Gasteiger partial charge in [0.25, 0.3) is 0 Å². The maximum Gasteiger partial charge on any atom is 0.0302 e. The minimum atomic E-state index is 0.247. The molecule has 0 spiro atoms. The lowest BCUT2D eigenvalue weighted by atomic mass is 9.79. The quantitative estimate of drug-likeness (QED) is 0.581. The van der Waals surface area contributed by atoms with Gasteiger partial charge in [0, 0.05) is 6.04 Å². The van der Waals surface area contributed by atoms with Crippen molar-refractivity contribution in [3.8, 4) is 0 Å². The molecule has 0 aliphatic heterocycles. The Hall–Kier alpha value is -0.380. The summed E-state index contributed by atoms with van der Waals surface area (Å²) in [4.78, 5) is 0. The Morgan fingerprint density at radius 1 is 1.57 bits per heavy atom. The summed E-state index contributed by atoms with van der Waals surface area (Å²) in [7, 11) is 0. The highest BCUT2D eigenvalue weighted by atomic mass is 32.1. The fraction of sp³-hybridized carbons (Fsp3) is 0.636. The molecule has 1 heterocycles. The number of hydrogen-bond acceptors (Lipinski definition) is 3. The molecule has 0 amide bonds. The van der Waals surface area contributed by atoms with Gasteiger partial charge in [0.2, 0.25) is 0 Å². The van der Waals surface area contributed by atoms with Gasteiger partial charge in [-0.05, 0) is 40.6 Å². The predicted octanol–water partition coefficient (Wildman–Crippen LogP) is 2.56. The van der Waals surface area contributed by atoms with Crippen molar-refractivity contribution >= 4 is 11.3 Å². The molecule has 0 fully saturated rings. The number of rotatable bonds is 5. The van der Waals surface area contributed by atoms with Crippen LogP contribution in [0.2, 0.25) is 0 Å². The first-order valence-corrected chi connectivity index (χ1v) is 6.01. The SMILES string of the molecule is CCC(C)(C)C(Cc1ccsc1)NN. The monoisotopic (exact) mass is 212 g/mol. The summed E-state index contributed by atoms with van der Waals surface area (Å²) in [6, 6.07) is 2.52. The van der Waals surface area contributed by atoms with Crippen LogP contribution in [0.15, 0.2) is 16.8 Å². The molecule has 0 aliphatic rings. The Labute approximate surface area is 90.5 Å². The summed E-state index contributed by atoms with van der Waals surface area (Å²) >= 11 is 1.74. The zero-order valence-corrected chi connectivity index (χ0v) is 10.0. The van der Waals surface area contributed by atoms with Crippen molar-refractivity contribution in [3.05, 3.63) is 22.4 Å². The van der Waals surface area contributed by atoms with E-state index in [1.165, 1.54) is 5.56 Å². The van der Waals surface area contributed by atoms with E-state index < -0.39 is 0 Å². The van der Waals surface area contributed by atoms with E-state index in [1.54, 1.807) is 11.3 Å². The molecule has 2 nitrogen and oxygen atoms in total. The van der Waals surface area contributed by atoms with E-state index in [1.807, 2.05) is 0 Å².